The van der Waals surface area contributed by atoms with Crippen molar-refractivity contribution in [3.63, 3.8) is 0 Å². The highest BCUT2D eigenvalue weighted by Gasteiger charge is 1.96. The third kappa shape index (κ3) is 2.70. The van der Waals surface area contributed by atoms with Gasteiger partial charge in [-0.05, 0) is 23.3 Å². The van der Waals surface area contributed by atoms with Gasteiger partial charge in [0, 0.05) is 6.21 Å². The van der Waals surface area contributed by atoms with Crippen LogP contribution in [0.5, 0.6) is 5.75 Å². The van der Waals surface area contributed by atoms with Crippen molar-refractivity contribution >= 4 is 6.21 Å². The minimum atomic E-state index is 0.558. The molecule has 0 fully saturated rings. The van der Waals surface area contributed by atoms with Gasteiger partial charge in [0.15, 0.2) is 0 Å². The van der Waals surface area contributed by atoms with Crippen LogP contribution in [0.15, 0.2) is 54.6 Å². The number of ether oxygens (including phenoxy) is 1. The summed E-state index contributed by atoms with van der Waals surface area (Å²) in [6, 6.07) is 17.6. The molecule has 0 radical (unpaired) electrons. The zero-order valence-electron chi connectivity index (χ0n) is 8.89. The molecule has 0 aliphatic heterocycles. The first-order chi connectivity index (χ1) is 7.88. The molecule has 2 rings (SSSR count). The summed E-state index contributed by atoms with van der Waals surface area (Å²) in [6.45, 7) is 0.558. The second-order valence-corrected chi connectivity index (χ2v) is 3.49. The first-order valence-electron chi connectivity index (χ1n) is 5.16. The van der Waals surface area contributed by atoms with E-state index in [9.17, 15) is 0 Å². The van der Waals surface area contributed by atoms with E-state index in [1.54, 1.807) is 0 Å². The Morgan fingerprint density at radius 2 is 1.81 bits per heavy atom. The normalized spacial score (nSPS) is 9.75. The van der Waals surface area contributed by atoms with Crippen molar-refractivity contribution in [1.29, 1.82) is 5.41 Å². The largest absolute Gasteiger partial charge is 0.489 e. The van der Waals surface area contributed by atoms with Crippen LogP contribution in [0.2, 0.25) is 0 Å². The van der Waals surface area contributed by atoms with Crippen LogP contribution in [0.3, 0.4) is 0 Å². The molecule has 0 bridgehead atoms. The fourth-order valence-corrected chi connectivity index (χ4v) is 1.44. The zero-order chi connectivity index (χ0) is 11.2. The molecule has 0 atom stereocenters. The van der Waals surface area contributed by atoms with Gasteiger partial charge in [-0.1, -0.05) is 42.5 Å². The molecule has 16 heavy (non-hydrogen) atoms. The molecule has 2 heteroatoms. The molecule has 0 amide bonds. The third-order valence-electron chi connectivity index (χ3n) is 2.27. The van der Waals surface area contributed by atoms with Gasteiger partial charge in [-0.3, -0.25) is 0 Å². The van der Waals surface area contributed by atoms with Crippen LogP contribution >= 0.6 is 0 Å². The maximum absolute atomic E-state index is 7.16. The number of hydrogen-bond acceptors (Lipinski definition) is 2. The quantitative estimate of drug-likeness (QED) is 0.773. The summed E-state index contributed by atoms with van der Waals surface area (Å²) in [7, 11) is 0. The van der Waals surface area contributed by atoms with Gasteiger partial charge in [0.1, 0.15) is 12.4 Å². The molecular formula is C14H13NO. The lowest BCUT2D eigenvalue weighted by molar-refractivity contribution is 0.306. The fraction of sp³-hybridized carbons (Fsp3) is 0.0714. The van der Waals surface area contributed by atoms with Gasteiger partial charge in [0.2, 0.25) is 0 Å². The average molecular weight is 211 g/mol. The maximum Gasteiger partial charge on any atom is 0.120 e. The second-order valence-electron chi connectivity index (χ2n) is 3.49. The van der Waals surface area contributed by atoms with E-state index < -0.39 is 0 Å². The van der Waals surface area contributed by atoms with Crippen molar-refractivity contribution in [3.8, 4) is 5.75 Å². The van der Waals surface area contributed by atoms with Gasteiger partial charge in [-0.2, -0.15) is 0 Å². The van der Waals surface area contributed by atoms with Crippen molar-refractivity contribution in [2.45, 2.75) is 6.61 Å². The second kappa shape index (κ2) is 5.12. The predicted octanol–water partition coefficient (Wildman–Crippen LogP) is 3.26. The van der Waals surface area contributed by atoms with Crippen LogP contribution < -0.4 is 4.74 Å². The van der Waals surface area contributed by atoms with Crippen molar-refractivity contribution in [3.05, 3.63) is 65.7 Å². The zero-order valence-corrected chi connectivity index (χ0v) is 8.89. The standard InChI is InChI=1S/C14H13NO/c15-10-13-7-4-8-14(9-13)16-11-12-5-2-1-3-6-12/h1-10,15H,11H2. The van der Waals surface area contributed by atoms with Gasteiger partial charge in [-0.25, -0.2) is 0 Å². The van der Waals surface area contributed by atoms with Gasteiger partial charge in [-0.15, -0.1) is 0 Å². The molecule has 0 saturated heterocycles. The highest BCUT2D eigenvalue weighted by molar-refractivity contribution is 5.77. The summed E-state index contributed by atoms with van der Waals surface area (Å²) in [6.07, 6.45) is 1.31. The molecule has 0 unspecified atom stereocenters. The molecule has 1 N–H and O–H groups in total. The van der Waals surface area contributed by atoms with Crippen LogP contribution in [0.1, 0.15) is 11.1 Å². The molecule has 0 saturated carbocycles. The van der Waals surface area contributed by atoms with E-state index in [-0.39, 0.29) is 0 Å². The Bertz CT molecular complexity index is 465. The monoisotopic (exact) mass is 211 g/mol. The van der Waals surface area contributed by atoms with Gasteiger partial charge >= 0.3 is 0 Å². The smallest absolute Gasteiger partial charge is 0.120 e. The van der Waals surface area contributed by atoms with Crippen LogP contribution in [0.4, 0.5) is 0 Å². The SMILES string of the molecule is N=Cc1cccc(OCc2ccccc2)c1. The Morgan fingerprint density at radius 3 is 2.56 bits per heavy atom. The minimum Gasteiger partial charge on any atom is -0.489 e. The highest BCUT2D eigenvalue weighted by Crippen LogP contribution is 2.13. The summed E-state index contributed by atoms with van der Waals surface area (Å²) in [5, 5.41) is 7.16. The minimum absolute atomic E-state index is 0.558. The van der Waals surface area contributed by atoms with Crippen LogP contribution in [-0.4, -0.2) is 6.21 Å². The van der Waals surface area contributed by atoms with E-state index in [0.29, 0.717) is 6.61 Å². The summed E-state index contributed by atoms with van der Waals surface area (Å²) in [4.78, 5) is 0. The molecule has 0 aromatic heterocycles. The van der Waals surface area contributed by atoms with Crippen LogP contribution in [0.25, 0.3) is 0 Å². The lowest BCUT2D eigenvalue weighted by Gasteiger charge is -2.06. The highest BCUT2D eigenvalue weighted by atomic mass is 16.5. The lowest BCUT2D eigenvalue weighted by atomic mass is 10.2. The lowest BCUT2D eigenvalue weighted by Crippen LogP contribution is -1.95. The van der Waals surface area contributed by atoms with E-state index in [1.807, 2.05) is 54.6 Å². The molecule has 0 spiro atoms. The molecule has 0 heterocycles. The first-order valence-corrected chi connectivity index (χ1v) is 5.16. The van der Waals surface area contributed by atoms with E-state index >= 15 is 0 Å². The Kier molecular flexibility index (Phi) is 3.34. The van der Waals surface area contributed by atoms with Crippen molar-refractivity contribution < 1.29 is 4.74 Å². The summed E-state index contributed by atoms with van der Waals surface area (Å²) in [5.74, 6) is 0.796. The maximum atomic E-state index is 7.16. The van der Waals surface area contributed by atoms with Gasteiger partial charge in [0.05, 0.1) is 0 Å². The Hall–Kier alpha value is -2.09. The van der Waals surface area contributed by atoms with Crippen LogP contribution in [0, 0.1) is 5.41 Å². The van der Waals surface area contributed by atoms with Crippen molar-refractivity contribution in [1.82, 2.24) is 0 Å². The molecule has 2 nitrogen and oxygen atoms in total. The Balaban J connectivity index is 2.02. The molecule has 2 aromatic carbocycles. The Morgan fingerprint density at radius 1 is 1.00 bits per heavy atom. The summed E-state index contributed by atoms with van der Waals surface area (Å²) < 4.78 is 5.63. The molecule has 0 aliphatic carbocycles. The third-order valence-corrected chi connectivity index (χ3v) is 2.27. The fourth-order valence-electron chi connectivity index (χ4n) is 1.44. The number of nitrogens with one attached hydrogen (secondary N) is 1. The van der Waals surface area contributed by atoms with E-state index in [2.05, 4.69) is 0 Å². The van der Waals surface area contributed by atoms with E-state index in [0.717, 1.165) is 16.9 Å². The molecular weight excluding hydrogens is 198 g/mol. The first kappa shape index (κ1) is 10.4. The molecule has 2 aromatic rings. The van der Waals surface area contributed by atoms with Gasteiger partial charge < -0.3 is 10.1 Å². The predicted molar refractivity (Wildman–Crippen MR) is 65.1 cm³/mol. The van der Waals surface area contributed by atoms with E-state index in [1.165, 1.54) is 6.21 Å². The molecule has 0 aliphatic rings. The van der Waals surface area contributed by atoms with Crippen molar-refractivity contribution in [2.75, 3.05) is 0 Å². The Labute approximate surface area is 95.0 Å². The topological polar surface area (TPSA) is 33.1 Å². The van der Waals surface area contributed by atoms with Gasteiger partial charge in [0.25, 0.3) is 0 Å². The van der Waals surface area contributed by atoms with Crippen LogP contribution in [-0.2, 0) is 6.61 Å². The number of hydrogen-bond donors (Lipinski definition) is 1. The summed E-state index contributed by atoms with van der Waals surface area (Å²) >= 11 is 0. The number of rotatable bonds is 4. The van der Waals surface area contributed by atoms with E-state index in [4.69, 9.17) is 10.1 Å². The van der Waals surface area contributed by atoms with Crippen molar-refractivity contribution in [2.24, 2.45) is 0 Å². The average Bonchev–Trinajstić information content (AvgIpc) is 2.38. The molecule has 80 valence electrons. The number of benzene rings is 2. The summed E-state index contributed by atoms with van der Waals surface area (Å²) in [5.41, 5.74) is 1.99.